The third-order valence-corrected chi connectivity index (χ3v) is 4.39. The van der Waals surface area contributed by atoms with Gasteiger partial charge in [0.1, 0.15) is 5.52 Å². The van der Waals surface area contributed by atoms with Crippen molar-refractivity contribution in [1.82, 2.24) is 4.98 Å². The summed E-state index contributed by atoms with van der Waals surface area (Å²) in [6.07, 6.45) is 0.279. The Morgan fingerprint density at radius 3 is 2.62 bits per heavy atom. The molecular formula is C15H10Cl2N2OS. The van der Waals surface area contributed by atoms with E-state index >= 15 is 0 Å². The molecule has 1 N–H and O–H groups in total. The molecule has 0 bridgehead atoms. The van der Waals surface area contributed by atoms with Gasteiger partial charge < -0.3 is 5.32 Å². The molecule has 106 valence electrons. The average Bonchev–Trinajstić information content (AvgIpc) is 2.85. The molecule has 0 aliphatic heterocycles. The maximum absolute atomic E-state index is 12.0. The van der Waals surface area contributed by atoms with Crippen LogP contribution in [0.15, 0.2) is 42.5 Å². The molecular weight excluding hydrogens is 327 g/mol. The maximum Gasteiger partial charge on any atom is 0.230 e. The van der Waals surface area contributed by atoms with Gasteiger partial charge in [0.05, 0.1) is 16.1 Å². The van der Waals surface area contributed by atoms with Crippen molar-refractivity contribution >= 4 is 55.8 Å². The molecule has 0 spiro atoms. The summed E-state index contributed by atoms with van der Waals surface area (Å²) in [6, 6.07) is 12.8. The van der Waals surface area contributed by atoms with Gasteiger partial charge in [-0.15, -0.1) is 0 Å². The van der Waals surface area contributed by atoms with Crippen molar-refractivity contribution in [3.63, 3.8) is 0 Å². The minimum atomic E-state index is -0.118. The molecule has 0 fully saturated rings. The minimum absolute atomic E-state index is 0.118. The molecule has 0 saturated carbocycles. The molecule has 1 aromatic heterocycles. The lowest BCUT2D eigenvalue weighted by Gasteiger charge is -2.02. The Kier molecular flexibility index (Phi) is 4.10. The number of anilines is 1. The van der Waals surface area contributed by atoms with Crippen LogP contribution in [0.4, 0.5) is 5.13 Å². The van der Waals surface area contributed by atoms with Crippen LogP contribution in [0.3, 0.4) is 0 Å². The van der Waals surface area contributed by atoms with Gasteiger partial charge in [-0.25, -0.2) is 4.98 Å². The zero-order valence-corrected chi connectivity index (χ0v) is 13.1. The van der Waals surface area contributed by atoms with Crippen LogP contribution in [0.25, 0.3) is 10.2 Å². The molecule has 3 rings (SSSR count). The molecule has 0 radical (unpaired) electrons. The molecule has 2 aromatic carbocycles. The summed E-state index contributed by atoms with van der Waals surface area (Å²) >= 11 is 13.3. The molecule has 6 heteroatoms. The van der Waals surface area contributed by atoms with Gasteiger partial charge in [-0.2, -0.15) is 0 Å². The molecule has 21 heavy (non-hydrogen) atoms. The molecule has 3 aromatic rings. The second-order valence-electron chi connectivity index (χ2n) is 4.46. The third-order valence-electron chi connectivity index (χ3n) is 2.89. The summed E-state index contributed by atoms with van der Waals surface area (Å²) in [5.41, 5.74) is 1.61. The molecule has 0 unspecified atom stereocenters. The first kappa shape index (κ1) is 14.3. The van der Waals surface area contributed by atoms with Crippen molar-refractivity contribution in [3.05, 3.63) is 58.1 Å². The van der Waals surface area contributed by atoms with E-state index in [0.29, 0.717) is 20.7 Å². The zero-order valence-electron chi connectivity index (χ0n) is 10.8. The molecule has 0 aliphatic rings. The summed E-state index contributed by atoms with van der Waals surface area (Å²) in [7, 11) is 0. The van der Waals surface area contributed by atoms with E-state index in [2.05, 4.69) is 10.3 Å². The highest BCUT2D eigenvalue weighted by Gasteiger charge is 2.10. The van der Waals surface area contributed by atoms with E-state index < -0.39 is 0 Å². The number of hydrogen-bond donors (Lipinski definition) is 1. The number of rotatable bonds is 3. The largest absolute Gasteiger partial charge is 0.302 e. The van der Waals surface area contributed by atoms with E-state index in [-0.39, 0.29) is 12.3 Å². The van der Waals surface area contributed by atoms with Gasteiger partial charge >= 0.3 is 0 Å². The van der Waals surface area contributed by atoms with Crippen LogP contribution in [-0.4, -0.2) is 10.9 Å². The number of fused-ring (bicyclic) bond motifs is 1. The number of carbonyl (C=O) groups excluding carboxylic acids is 1. The van der Waals surface area contributed by atoms with E-state index in [1.54, 1.807) is 18.2 Å². The number of benzene rings is 2. The minimum Gasteiger partial charge on any atom is -0.302 e. The van der Waals surface area contributed by atoms with Crippen LogP contribution in [0, 0.1) is 0 Å². The Balaban J connectivity index is 1.74. The Morgan fingerprint density at radius 2 is 1.90 bits per heavy atom. The van der Waals surface area contributed by atoms with E-state index in [1.807, 2.05) is 24.3 Å². The quantitative estimate of drug-likeness (QED) is 0.747. The highest BCUT2D eigenvalue weighted by molar-refractivity contribution is 7.22. The van der Waals surface area contributed by atoms with Crippen LogP contribution < -0.4 is 5.32 Å². The van der Waals surface area contributed by atoms with Gasteiger partial charge in [-0.1, -0.05) is 52.7 Å². The van der Waals surface area contributed by atoms with Gasteiger partial charge in [-0.05, 0) is 29.8 Å². The Labute approximate surface area is 135 Å². The number of nitrogens with one attached hydrogen (secondary N) is 1. The fourth-order valence-electron chi connectivity index (χ4n) is 1.92. The number of aromatic nitrogens is 1. The number of halogens is 2. The molecule has 3 nitrogen and oxygen atoms in total. The van der Waals surface area contributed by atoms with Crippen LogP contribution >= 0.6 is 34.5 Å². The smallest absolute Gasteiger partial charge is 0.230 e. The van der Waals surface area contributed by atoms with Gasteiger partial charge in [0.2, 0.25) is 5.91 Å². The summed E-state index contributed by atoms with van der Waals surface area (Å²) < 4.78 is 0.948. The fourth-order valence-corrected chi connectivity index (χ4v) is 3.23. The number of amides is 1. The van der Waals surface area contributed by atoms with Gasteiger partial charge in [0.25, 0.3) is 0 Å². The topological polar surface area (TPSA) is 42.0 Å². The van der Waals surface area contributed by atoms with E-state index in [0.717, 1.165) is 10.3 Å². The summed E-state index contributed by atoms with van der Waals surface area (Å²) in [4.78, 5) is 16.4. The second-order valence-corrected chi connectivity index (χ2v) is 6.33. The van der Waals surface area contributed by atoms with Crippen molar-refractivity contribution in [3.8, 4) is 0 Å². The van der Waals surface area contributed by atoms with Crippen LogP contribution in [0.2, 0.25) is 10.0 Å². The Hall–Kier alpha value is -1.62. The molecule has 0 aliphatic carbocycles. The highest BCUT2D eigenvalue weighted by atomic mass is 35.5. The number of carbonyl (C=O) groups is 1. The lowest BCUT2D eigenvalue weighted by molar-refractivity contribution is -0.115. The third kappa shape index (κ3) is 3.35. The summed E-state index contributed by atoms with van der Waals surface area (Å²) in [5.74, 6) is -0.118. The normalized spacial score (nSPS) is 10.8. The molecule has 1 heterocycles. The lowest BCUT2D eigenvalue weighted by atomic mass is 10.1. The fraction of sp³-hybridized carbons (Fsp3) is 0.0667. The summed E-state index contributed by atoms with van der Waals surface area (Å²) in [6.45, 7) is 0. The lowest BCUT2D eigenvalue weighted by Crippen LogP contribution is -2.14. The predicted octanol–water partition coefficient (Wildman–Crippen LogP) is 4.78. The molecule has 1 amide bonds. The van der Waals surface area contributed by atoms with Crippen LogP contribution in [-0.2, 0) is 11.2 Å². The van der Waals surface area contributed by atoms with Gasteiger partial charge in [-0.3, -0.25) is 4.79 Å². The van der Waals surface area contributed by atoms with Crippen LogP contribution in [0.1, 0.15) is 5.56 Å². The first-order valence-electron chi connectivity index (χ1n) is 6.21. The van der Waals surface area contributed by atoms with Crippen molar-refractivity contribution in [2.75, 3.05) is 5.32 Å². The van der Waals surface area contributed by atoms with Crippen LogP contribution in [0.5, 0.6) is 0 Å². The molecule has 0 atom stereocenters. The van der Waals surface area contributed by atoms with E-state index in [1.165, 1.54) is 11.3 Å². The van der Waals surface area contributed by atoms with Gasteiger partial charge in [0, 0.05) is 5.02 Å². The summed E-state index contributed by atoms with van der Waals surface area (Å²) in [5, 5.41) is 4.59. The SMILES string of the molecule is O=C(Cc1ccc(Cl)cc1)Nc1nc2c(Cl)cccc2s1. The van der Waals surface area contributed by atoms with Gasteiger partial charge in [0.15, 0.2) is 5.13 Å². The average molecular weight is 337 g/mol. The monoisotopic (exact) mass is 336 g/mol. The second kappa shape index (κ2) is 6.02. The van der Waals surface area contributed by atoms with Crippen molar-refractivity contribution in [1.29, 1.82) is 0 Å². The predicted molar refractivity (Wildman–Crippen MR) is 88.4 cm³/mol. The standard InChI is InChI=1S/C15H10Cl2N2OS/c16-10-6-4-9(5-7-10)8-13(20)18-15-19-14-11(17)2-1-3-12(14)21-15/h1-7H,8H2,(H,18,19,20). The Bertz CT molecular complexity index is 799. The highest BCUT2D eigenvalue weighted by Crippen LogP contribution is 2.30. The first-order valence-corrected chi connectivity index (χ1v) is 7.78. The number of thiazole rings is 1. The Morgan fingerprint density at radius 1 is 1.14 bits per heavy atom. The zero-order chi connectivity index (χ0) is 14.8. The van der Waals surface area contributed by atoms with E-state index in [4.69, 9.17) is 23.2 Å². The molecule has 0 saturated heterocycles. The maximum atomic E-state index is 12.0. The van der Waals surface area contributed by atoms with Crippen molar-refractivity contribution in [2.24, 2.45) is 0 Å². The van der Waals surface area contributed by atoms with E-state index in [9.17, 15) is 4.79 Å². The first-order chi connectivity index (χ1) is 10.1. The number of para-hydroxylation sites is 1. The van der Waals surface area contributed by atoms with Crippen molar-refractivity contribution < 1.29 is 4.79 Å². The number of nitrogens with zero attached hydrogens (tertiary/aromatic N) is 1. The van der Waals surface area contributed by atoms with Crippen molar-refractivity contribution in [2.45, 2.75) is 6.42 Å². The number of hydrogen-bond acceptors (Lipinski definition) is 3.